The highest BCUT2D eigenvalue weighted by atomic mass is 16.3. The quantitative estimate of drug-likeness (QED) is 0.597. The Kier molecular flexibility index (Phi) is 1.85. The topological polar surface area (TPSA) is 20.2 Å². The molecule has 0 bridgehead atoms. The van der Waals surface area contributed by atoms with Crippen LogP contribution in [-0.4, -0.2) is 5.11 Å². The lowest BCUT2D eigenvalue weighted by molar-refractivity contribution is 0.199. The highest BCUT2D eigenvalue weighted by Crippen LogP contribution is 2.08. The second-order valence-corrected chi connectivity index (χ2v) is 2.01. The minimum absolute atomic E-state index is 0.361. The predicted molar refractivity (Wildman–Crippen MR) is 35.9 cm³/mol. The molecule has 1 aromatic rings. The van der Waals surface area contributed by atoms with Crippen molar-refractivity contribution in [3.8, 4) is 0 Å². The molecule has 1 radical (unpaired) electrons. The molecule has 47 valence electrons. The van der Waals surface area contributed by atoms with Crippen LogP contribution < -0.4 is 0 Å². The molecule has 9 heavy (non-hydrogen) atoms. The zero-order valence-corrected chi connectivity index (χ0v) is 5.33. The van der Waals surface area contributed by atoms with Gasteiger partial charge in [0.15, 0.2) is 0 Å². The van der Waals surface area contributed by atoms with Crippen LogP contribution in [0.5, 0.6) is 0 Å². The fourth-order valence-corrected chi connectivity index (χ4v) is 0.678. The SMILES string of the molecule is C[C@H](O)c1cc[c]cc1. The van der Waals surface area contributed by atoms with E-state index in [0.717, 1.165) is 5.56 Å². The Hall–Kier alpha value is -0.820. The first-order valence-corrected chi connectivity index (χ1v) is 2.95. The van der Waals surface area contributed by atoms with Crippen molar-refractivity contribution >= 4 is 0 Å². The molecule has 0 saturated heterocycles. The molecular formula is C8H9O. The van der Waals surface area contributed by atoms with Crippen LogP contribution in [0, 0.1) is 6.07 Å². The van der Waals surface area contributed by atoms with Crippen LogP contribution in [0.25, 0.3) is 0 Å². The van der Waals surface area contributed by atoms with Gasteiger partial charge in [-0.25, -0.2) is 0 Å². The highest BCUT2D eigenvalue weighted by molar-refractivity contribution is 5.15. The van der Waals surface area contributed by atoms with Crippen LogP contribution in [0.15, 0.2) is 24.3 Å². The summed E-state index contributed by atoms with van der Waals surface area (Å²) in [6.45, 7) is 1.75. The lowest BCUT2D eigenvalue weighted by atomic mass is 10.1. The van der Waals surface area contributed by atoms with Gasteiger partial charge in [0.05, 0.1) is 6.10 Å². The van der Waals surface area contributed by atoms with E-state index < -0.39 is 0 Å². The Labute approximate surface area is 55.0 Å². The molecule has 0 amide bonds. The molecule has 0 aromatic heterocycles. The molecule has 1 nitrogen and oxygen atoms in total. The molecule has 0 fully saturated rings. The van der Waals surface area contributed by atoms with Crippen molar-refractivity contribution in [3.05, 3.63) is 35.9 Å². The van der Waals surface area contributed by atoms with E-state index in [1.54, 1.807) is 19.1 Å². The molecule has 0 unspecified atom stereocenters. The van der Waals surface area contributed by atoms with Gasteiger partial charge in [0.25, 0.3) is 0 Å². The molecule has 1 atom stereocenters. The van der Waals surface area contributed by atoms with Crippen molar-refractivity contribution in [3.63, 3.8) is 0 Å². The molecular weight excluding hydrogens is 112 g/mol. The predicted octanol–water partition coefficient (Wildman–Crippen LogP) is 1.54. The van der Waals surface area contributed by atoms with Crippen LogP contribution >= 0.6 is 0 Å². The Balaban J connectivity index is 2.85. The number of benzene rings is 1. The number of aliphatic hydroxyl groups excluding tert-OH is 1. The summed E-state index contributed by atoms with van der Waals surface area (Å²) in [6.07, 6.45) is -0.361. The first kappa shape index (κ1) is 6.30. The monoisotopic (exact) mass is 121 g/mol. The van der Waals surface area contributed by atoms with Gasteiger partial charge in [-0.2, -0.15) is 0 Å². The number of hydrogen-bond acceptors (Lipinski definition) is 1. The average Bonchev–Trinajstić information content (AvgIpc) is 1.90. The maximum Gasteiger partial charge on any atom is 0.0761 e. The molecule has 0 aliphatic carbocycles. The highest BCUT2D eigenvalue weighted by Gasteiger charge is 1.95. The normalized spacial score (nSPS) is 13.1. The van der Waals surface area contributed by atoms with E-state index in [-0.39, 0.29) is 6.10 Å². The molecule has 0 heterocycles. The van der Waals surface area contributed by atoms with Crippen LogP contribution in [0.1, 0.15) is 18.6 Å². The number of aliphatic hydroxyl groups is 1. The molecule has 0 aliphatic rings. The van der Waals surface area contributed by atoms with Crippen molar-refractivity contribution in [2.45, 2.75) is 13.0 Å². The summed E-state index contributed by atoms with van der Waals surface area (Å²) in [7, 11) is 0. The largest absolute Gasteiger partial charge is 0.389 e. The Morgan fingerprint density at radius 3 is 2.33 bits per heavy atom. The molecule has 1 N–H and O–H groups in total. The fraction of sp³-hybridized carbons (Fsp3) is 0.250. The molecule has 1 heteroatoms. The summed E-state index contributed by atoms with van der Waals surface area (Å²) < 4.78 is 0. The Morgan fingerprint density at radius 1 is 1.44 bits per heavy atom. The van der Waals surface area contributed by atoms with Gasteiger partial charge in [-0.05, 0) is 18.6 Å². The van der Waals surface area contributed by atoms with Crippen molar-refractivity contribution in [1.29, 1.82) is 0 Å². The maximum absolute atomic E-state index is 9.01. The van der Waals surface area contributed by atoms with Gasteiger partial charge in [0, 0.05) is 0 Å². The third kappa shape index (κ3) is 1.54. The zero-order valence-electron chi connectivity index (χ0n) is 5.33. The van der Waals surface area contributed by atoms with Gasteiger partial charge < -0.3 is 5.11 Å². The molecule has 1 aromatic carbocycles. The van der Waals surface area contributed by atoms with E-state index >= 15 is 0 Å². The van der Waals surface area contributed by atoms with Crippen molar-refractivity contribution in [2.24, 2.45) is 0 Å². The first-order chi connectivity index (χ1) is 4.30. The minimum atomic E-state index is -0.361. The molecule has 0 saturated carbocycles. The van der Waals surface area contributed by atoms with Gasteiger partial charge in [-0.3, -0.25) is 0 Å². The van der Waals surface area contributed by atoms with Gasteiger partial charge in [-0.15, -0.1) is 0 Å². The molecule has 1 rings (SSSR count). The Bertz CT molecular complexity index is 167. The summed E-state index contributed by atoms with van der Waals surface area (Å²) in [5.41, 5.74) is 0.939. The van der Waals surface area contributed by atoms with Gasteiger partial charge in [0.1, 0.15) is 0 Å². The summed E-state index contributed by atoms with van der Waals surface area (Å²) in [4.78, 5) is 0. The van der Waals surface area contributed by atoms with Crippen molar-refractivity contribution < 1.29 is 5.11 Å². The fourth-order valence-electron chi connectivity index (χ4n) is 0.678. The summed E-state index contributed by atoms with van der Waals surface area (Å²) in [5.74, 6) is 0. The number of hydrogen-bond donors (Lipinski definition) is 1. The third-order valence-electron chi connectivity index (χ3n) is 1.23. The lowest BCUT2D eigenvalue weighted by Gasteiger charge is -2.00. The van der Waals surface area contributed by atoms with E-state index in [9.17, 15) is 0 Å². The maximum atomic E-state index is 9.01. The summed E-state index contributed by atoms with van der Waals surface area (Å²) in [6, 6.07) is 10.2. The van der Waals surface area contributed by atoms with E-state index in [4.69, 9.17) is 5.11 Å². The lowest BCUT2D eigenvalue weighted by Crippen LogP contribution is -1.88. The molecule has 0 aliphatic heterocycles. The first-order valence-electron chi connectivity index (χ1n) is 2.95. The second-order valence-electron chi connectivity index (χ2n) is 2.01. The standard InChI is InChI=1S/C8H9O/c1-7(9)8-5-3-2-4-6-8/h3-7,9H,1H3/t7-/m0/s1. The summed E-state index contributed by atoms with van der Waals surface area (Å²) in [5, 5.41) is 9.01. The van der Waals surface area contributed by atoms with E-state index in [0.29, 0.717) is 0 Å². The van der Waals surface area contributed by atoms with Gasteiger partial charge in [0.2, 0.25) is 0 Å². The Morgan fingerprint density at radius 2 is 2.00 bits per heavy atom. The number of rotatable bonds is 1. The van der Waals surface area contributed by atoms with E-state index in [2.05, 4.69) is 6.07 Å². The summed E-state index contributed by atoms with van der Waals surface area (Å²) >= 11 is 0. The van der Waals surface area contributed by atoms with Crippen LogP contribution in [0.2, 0.25) is 0 Å². The third-order valence-corrected chi connectivity index (χ3v) is 1.23. The van der Waals surface area contributed by atoms with Crippen molar-refractivity contribution in [2.75, 3.05) is 0 Å². The van der Waals surface area contributed by atoms with Crippen LogP contribution in [0.3, 0.4) is 0 Å². The molecule has 0 spiro atoms. The van der Waals surface area contributed by atoms with Crippen LogP contribution in [-0.2, 0) is 0 Å². The minimum Gasteiger partial charge on any atom is -0.389 e. The van der Waals surface area contributed by atoms with E-state index in [1.165, 1.54) is 0 Å². The van der Waals surface area contributed by atoms with Crippen molar-refractivity contribution in [1.82, 2.24) is 0 Å². The van der Waals surface area contributed by atoms with Crippen LogP contribution in [0.4, 0.5) is 0 Å². The smallest absolute Gasteiger partial charge is 0.0761 e. The second kappa shape index (κ2) is 2.65. The average molecular weight is 121 g/mol. The zero-order chi connectivity index (χ0) is 6.69. The van der Waals surface area contributed by atoms with E-state index in [1.807, 2.05) is 12.1 Å². The van der Waals surface area contributed by atoms with Gasteiger partial charge >= 0.3 is 0 Å². The van der Waals surface area contributed by atoms with Gasteiger partial charge in [-0.1, -0.05) is 24.3 Å².